The minimum atomic E-state index is 0.0241. The quantitative estimate of drug-likeness (QED) is 0.567. The van der Waals surface area contributed by atoms with Crippen LogP contribution in [0.25, 0.3) is 0 Å². The standard InChI is InChI=1S/C7H2Cl4N2/c8-3-2(1-12)4(9)6(11)7(13)5(3)10/h13H2. The molecule has 68 valence electrons. The molecule has 0 radical (unpaired) electrons. The summed E-state index contributed by atoms with van der Waals surface area (Å²) in [5.74, 6) is 0. The molecule has 6 heteroatoms. The average molecular weight is 256 g/mol. The van der Waals surface area contributed by atoms with Gasteiger partial charge in [-0.3, -0.25) is 0 Å². The van der Waals surface area contributed by atoms with Gasteiger partial charge in [-0.2, -0.15) is 5.26 Å². The zero-order chi connectivity index (χ0) is 10.2. The van der Waals surface area contributed by atoms with Crippen molar-refractivity contribution < 1.29 is 0 Å². The summed E-state index contributed by atoms with van der Waals surface area (Å²) >= 11 is 22.8. The lowest BCUT2D eigenvalue weighted by Gasteiger charge is -2.07. The molecule has 0 unspecified atom stereocenters. The topological polar surface area (TPSA) is 49.8 Å². The summed E-state index contributed by atoms with van der Waals surface area (Å²) in [7, 11) is 0. The molecule has 0 fully saturated rings. The molecule has 0 aliphatic rings. The highest BCUT2D eigenvalue weighted by Gasteiger charge is 2.17. The van der Waals surface area contributed by atoms with Crippen molar-refractivity contribution in [2.75, 3.05) is 5.73 Å². The molecule has 0 saturated heterocycles. The maximum Gasteiger partial charge on any atom is 0.102 e. The number of hydrogen-bond acceptors (Lipinski definition) is 2. The monoisotopic (exact) mass is 254 g/mol. The number of nitrogen functional groups attached to an aromatic ring is 1. The molecule has 1 rings (SSSR count). The van der Waals surface area contributed by atoms with Crippen LogP contribution in [-0.4, -0.2) is 0 Å². The van der Waals surface area contributed by atoms with Crippen LogP contribution in [0.4, 0.5) is 5.69 Å². The first kappa shape index (κ1) is 10.7. The van der Waals surface area contributed by atoms with E-state index < -0.39 is 0 Å². The number of nitrogens with zero attached hydrogens (tertiary/aromatic N) is 1. The molecule has 2 N–H and O–H groups in total. The third-order valence-corrected chi connectivity index (χ3v) is 3.14. The van der Waals surface area contributed by atoms with Gasteiger partial charge in [-0.1, -0.05) is 46.4 Å². The summed E-state index contributed by atoms with van der Waals surface area (Å²) in [5, 5.41) is 8.81. The van der Waals surface area contributed by atoms with Crippen LogP contribution in [0.15, 0.2) is 0 Å². The van der Waals surface area contributed by atoms with Crippen LogP contribution in [0.5, 0.6) is 0 Å². The number of anilines is 1. The summed E-state index contributed by atoms with van der Waals surface area (Å²) in [6.07, 6.45) is 0. The Labute approximate surface area is 94.7 Å². The van der Waals surface area contributed by atoms with Crippen LogP contribution >= 0.6 is 46.4 Å². The summed E-state index contributed by atoms with van der Waals surface area (Å²) in [4.78, 5) is 0. The van der Waals surface area contributed by atoms with E-state index in [4.69, 9.17) is 57.4 Å². The Kier molecular flexibility index (Phi) is 3.15. The van der Waals surface area contributed by atoms with Crippen molar-refractivity contribution in [2.45, 2.75) is 0 Å². The molecule has 0 amide bonds. The van der Waals surface area contributed by atoms with Crippen molar-refractivity contribution in [2.24, 2.45) is 0 Å². The van der Waals surface area contributed by atoms with E-state index in [-0.39, 0.29) is 31.3 Å². The van der Waals surface area contributed by atoms with E-state index in [1.807, 2.05) is 0 Å². The number of nitrogens with two attached hydrogens (primary N) is 1. The Morgan fingerprint density at radius 2 is 1.31 bits per heavy atom. The second-order valence-corrected chi connectivity index (χ2v) is 3.67. The van der Waals surface area contributed by atoms with Crippen molar-refractivity contribution in [1.29, 1.82) is 5.26 Å². The molecule has 0 aliphatic carbocycles. The second-order valence-electron chi connectivity index (χ2n) is 2.16. The minimum absolute atomic E-state index is 0.0241. The maximum atomic E-state index is 8.66. The Balaban J connectivity index is 3.69. The van der Waals surface area contributed by atoms with Gasteiger partial charge in [-0.05, 0) is 0 Å². The first-order valence-corrected chi connectivity index (χ1v) is 4.53. The molecule has 0 spiro atoms. The predicted octanol–water partition coefficient (Wildman–Crippen LogP) is 3.75. The minimum Gasteiger partial charge on any atom is -0.396 e. The summed E-state index contributed by atoms with van der Waals surface area (Å²) in [6.45, 7) is 0. The van der Waals surface area contributed by atoms with Crippen LogP contribution in [0, 0.1) is 11.3 Å². The summed E-state index contributed by atoms with van der Waals surface area (Å²) < 4.78 is 0. The molecule has 0 saturated carbocycles. The highest BCUT2D eigenvalue weighted by Crippen LogP contribution is 2.42. The number of nitriles is 1. The lowest BCUT2D eigenvalue weighted by atomic mass is 10.2. The van der Waals surface area contributed by atoms with Crippen molar-refractivity contribution >= 4 is 52.1 Å². The van der Waals surface area contributed by atoms with Gasteiger partial charge in [0.15, 0.2) is 0 Å². The van der Waals surface area contributed by atoms with Gasteiger partial charge in [0.05, 0.1) is 31.3 Å². The van der Waals surface area contributed by atoms with Gasteiger partial charge in [-0.25, -0.2) is 0 Å². The van der Waals surface area contributed by atoms with Crippen LogP contribution in [-0.2, 0) is 0 Å². The van der Waals surface area contributed by atoms with E-state index in [9.17, 15) is 0 Å². The van der Waals surface area contributed by atoms with Crippen LogP contribution in [0.1, 0.15) is 5.56 Å². The largest absolute Gasteiger partial charge is 0.396 e. The molecule has 13 heavy (non-hydrogen) atoms. The van der Waals surface area contributed by atoms with Gasteiger partial charge in [0.25, 0.3) is 0 Å². The van der Waals surface area contributed by atoms with E-state index in [1.165, 1.54) is 0 Å². The number of halogens is 4. The fraction of sp³-hybridized carbons (Fsp3) is 0. The van der Waals surface area contributed by atoms with Crippen molar-refractivity contribution in [3.63, 3.8) is 0 Å². The fourth-order valence-corrected chi connectivity index (χ4v) is 1.70. The molecule has 0 atom stereocenters. The van der Waals surface area contributed by atoms with Crippen LogP contribution in [0.2, 0.25) is 20.1 Å². The summed E-state index contributed by atoms with van der Waals surface area (Å²) in [6, 6.07) is 1.78. The molecule has 0 aliphatic heterocycles. The van der Waals surface area contributed by atoms with Gasteiger partial charge < -0.3 is 5.73 Å². The van der Waals surface area contributed by atoms with E-state index in [2.05, 4.69) is 0 Å². The van der Waals surface area contributed by atoms with E-state index in [1.54, 1.807) is 6.07 Å². The van der Waals surface area contributed by atoms with Gasteiger partial charge in [0.1, 0.15) is 6.07 Å². The number of rotatable bonds is 0. The lowest BCUT2D eigenvalue weighted by molar-refractivity contribution is 1.48. The first-order chi connectivity index (χ1) is 6.00. The van der Waals surface area contributed by atoms with Gasteiger partial charge >= 0.3 is 0 Å². The van der Waals surface area contributed by atoms with Crippen molar-refractivity contribution in [3.05, 3.63) is 25.7 Å². The second kappa shape index (κ2) is 3.81. The Morgan fingerprint density at radius 3 is 1.62 bits per heavy atom. The van der Waals surface area contributed by atoms with Crippen molar-refractivity contribution in [1.82, 2.24) is 0 Å². The van der Waals surface area contributed by atoms with E-state index >= 15 is 0 Å². The molecular formula is C7H2Cl4N2. The highest BCUT2D eigenvalue weighted by molar-refractivity contribution is 6.51. The SMILES string of the molecule is N#Cc1c(Cl)c(Cl)c(N)c(Cl)c1Cl. The molecule has 2 nitrogen and oxygen atoms in total. The molecular weight excluding hydrogens is 254 g/mol. The van der Waals surface area contributed by atoms with Crippen LogP contribution in [0.3, 0.4) is 0 Å². The van der Waals surface area contributed by atoms with Crippen molar-refractivity contribution in [3.8, 4) is 6.07 Å². The third kappa shape index (κ3) is 1.66. The zero-order valence-electron chi connectivity index (χ0n) is 6.04. The molecule has 0 aromatic heterocycles. The average Bonchev–Trinajstić information content (AvgIpc) is 2.13. The van der Waals surface area contributed by atoms with E-state index in [0.29, 0.717) is 0 Å². The van der Waals surface area contributed by atoms with E-state index in [0.717, 1.165) is 0 Å². The van der Waals surface area contributed by atoms with Gasteiger partial charge in [0, 0.05) is 0 Å². The van der Waals surface area contributed by atoms with Gasteiger partial charge in [0.2, 0.25) is 0 Å². The molecule has 1 aromatic rings. The van der Waals surface area contributed by atoms with Crippen LogP contribution < -0.4 is 5.73 Å². The smallest absolute Gasteiger partial charge is 0.102 e. The predicted molar refractivity (Wildman–Crippen MR) is 55.6 cm³/mol. The molecule has 0 bridgehead atoms. The Hall–Kier alpha value is -0.330. The van der Waals surface area contributed by atoms with Gasteiger partial charge in [-0.15, -0.1) is 0 Å². The summed E-state index contributed by atoms with van der Waals surface area (Å²) in [5.41, 5.74) is 5.58. The highest BCUT2D eigenvalue weighted by atomic mass is 35.5. The molecule has 1 aromatic carbocycles. The maximum absolute atomic E-state index is 8.66. The first-order valence-electron chi connectivity index (χ1n) is 3.02. The fourth-order valence-electron chi connectivity index (χ4n) is 0.747. The Morgan fingerprint density at radius 1 is 0.923 bits per heavy atom. The Bertz CT molecular complexity index is 379. The normalized spacial score (nSPS) is 9.77. The lowest BCUT2D eigenvalue weighted by Crippen LogP contribution is -1.93. The molecule has 0 heterocycles. The number of hydrogen-bond donors (Lipinski definition) is 1. The number of benzene rings is 1. The zero-order valence-corrected chi connectivity index (χ0v) is 9.06. The third-order valence-electron chi connectivity index (χ3n) is 1.41.